The quantitative estimate of drug-likeness (QED) is 0.805. The van der Waals surface area contributed by atoms with Crippen LogP contribution in [0.2, 0.25) is 0 Å². The van der Waals surface area contributed by atoms with E-state index in [4.69, 9.17) is 0 Å². The number of halogens is 1. The SMILES string of the molecule is CC(C)n1cnc(-c2ccc(Br)cc2)c1. The molecule has 0 saturated carbocycles. The smallest absolute Gasteiger partial charge is 0.0956 e. The van der Waals surface area contributed by atoms with Crippen LogP contribution in [0.1, 0.15) is 19.9 Å². The van der Waals surface area contributed by atoms with Crippen LogP contribution in [-0.2, 0) is 0 Å². The third kappa shape index (κ3) is 2.29. The Morgan fingerprint density at radius 2 is 1.87 bits per heavy atom. The van der Waals surface area contributed by atoms with E-state index in [9.17, 15) is 0 Å². The number of benzene rings is 1. The van der Waals surface area contributed by atoms with E-state index in [0.717, 1.165) is 15.7 Å². The number of hydrogen-bond donors (Lipinski definition) is 0. The zero-order chi connectivity index (χ0) is 10.8. The summed E-state index contributed by atoms with van der Waals surface area (Å²) < 4.78 is 3.20. The predicted octanol–water partition coefficient (Wildman–Crippen LogP) is 3.89. The molecule has 2 nitrogen and oxygen atoms in total. The molecule has 1 aromatic carbocycles. The Labute approximate surface area is 98.1 Å². The van der Waals surface area contributed by atoms with E-state index in [0.29, 0.717) is 6.04 Å². The van der Waals surface area contributed by atoms with Crippen LogP contribution < -0.4 is 0 Å². The van der Waals surface area contributed by atoms with E-state index in [1.54, 1.807) is 0 Å². The van der Waals surface area contributed by atoms with Gasteiger partial charge in [0.2, 0.25) is 0 Å². The van der Waals surface area contributed by atoms with Crippen LogP contribution in [0.15, 0.2) is 41.3 Å². The minimum absolute atomic E-state index is 0.460. The first-order valence-corrected chi connectivity index (χ1v) is 5.75. The molecule has 0 saturated heterocycles. The van der Waals surface area contributed by atoms with Gasteiger partial charge in [0.15, 0.2) is 0 Å². The van der Waals surface area contributed by atoms with Crippen LogP contribution in [0.25, 0.3) is 11.3 Å². The van der Waals surface area contributed by atoms with Crippen molar-refractivity contribution in [1.29, 1.82) is 0 Å². The van der Waals surface area contributed by atoms with Crippen LogP contribution in [-0.4, -0.2) is 9.55 Å². The Kier molecular flexibility index (Phi) is 2.91. The maximum atomic E-state index is 4.39. The second-order valence-electron chi connectivity index (χ2n) is 3.81. The van der Waals surface area contributed by atoms with Crippen molar-refractivity contribution in [2.45, 2.75) is 19.9 Å². The Bertz CT molecular complexity index is 443. The van der Waals surface area contributed by atoms with Crippen molar-refractivity contribution in [1.82, 2.24) is 9.55 Å². The first-order valence-electron chi connectivity index (χ1n) is 4.96. The van der Waals surface area contributed by atoms with Gasteiger partial charge in [-0.15, -0.1) is 0 Å². The van der Waals surface area contributed by atoms with Crippen molar-refractivity contribution < 1.29 is 0 Å². The normalized spacial score (nSPS) is 10.9. The van der Waals surface area contributed by atoms with E-state index in [1.165, 1.54) is 0 Å². The van der Waals surface area contributed by atoms with Crippen LogP contribution in [0.3, 0.4) is 0 Å². The zero-order valence-electron chi connectivity index (χ0n) is 8.81. The highest BCUT2D eigenvalue weighted by Crippen LogP contribution is 2.20. The zero-order valence-corrected chi connectivity index (χ0v) is 10.4. The highest BCUT2D eigenvalue weighted by molar-refractivity contribution is 9.10. The molecule has 2 rings (SSSR count). The van der Waals surface area contributed by atoms with Gasteiger partial charge in [0.25, 0.3) is 0 Å². The monoisotopic (exact) mass is 264 g/mol. The van der Waals surface area contributed by atoms with Crippen molar-refractivity contribution in [2.75, 3.05) is 0 Å². The summed E-state index contributed by atoms with van der Waals surface area (Å²) in [6.07, 6.45) is 3.95. The summed E-state index contributed by atoms with van der Waals surface area (Å²) >= 11 is 3.42. The molecule has 0 aliphatic carbocycles. The minimum Gasteiger partial charge on any atom is -0.334 e. The highest BCUT2D eigenvalue weighted by atomic mass is 79.9. The van der Waals surface area contributed by atoms with Crippen LogP contribution in [0.4, 0.5) is 0 Å². The van der Waals surface area contributed by atoms with Gasteiger partial charge in [-0.3, -0.25) is 0 Å². The molecular weight excluding hydrogens is 252 g/mol. The molecule has 0 fully saturated rings. The van der Waals surface area contributed by atoms with E-state index in [-0.39, 0.29) is 0 Å². The van der Waals surface area contributed by atoms with Gasteiger partial charge in [0.1, 0.15) is 0 Å². The molecule has 78 valence electrons. The maximum Gasteiger partial charge on any atom is 0.0956 e. The van der Waals surface area contributed by atoms with Gasteiger partial charge in [0.05, 0.1) is 12.0 Å². The molecule has 0 aliphatic heterocycles. The molecule has 15 heavy (non-hydrogen) atoms. The molecule has 0 N–H and O–H groups in total. The second-order valence-corrected chi connectivity index (χ2v) is 4.72. The van der Waals surface area contributed by atoms with Crippen LogP contribution in [0.5, 0.6) is 0 Å². The van der Waals surface area contributed by atoms with Gasteiger partial charge in [-0.25, -0.2) is 4.98 Å². The first-order chi connectivity index (χ1) is 7.16. The van der Waals surface area contributed by atoms with E-state index >= 15 is 0 Å². The number of aromatic nitrogens is 2. The van der Waals surface area contributed by atoms with Gasteiger partial charge in [-0.2, -0.15) is 0 Å². The summed E-state index contributed by atoms with van der Waals surface area (Å²) in [5.74, 6) is 0. The van der Waals surface area contributed by atoms with E-state index in [2.05, 4.69) is 57.7 Å². The number of nitrogens with zero attached hydrogens (tertiary/aromatic N) is 2. The molecule has 2 aromatic rings. The van der Waals surface area contributed by atoms with Crippen molar-refractivity contribution in [3.8, 4) is 11.3 Å². The highest BCUT2D eigenvalue weighted by Gasteiger charge is 2.03. The molecule has 1 heterocycles. The number of rotatable bonds is 2. The van der Waals surface area contributed by atoms with Crippen molar-refractivity contribution in [2.24, 2.45) is 0 Å². The average molecular weight is 265 g/mol. The van der Waals surface area contributed by atoms with Gasteiger partial charge < -0.3 is 4.57 Å². The fourth-order valence-corrected chi connectivity index (χ4v) is 1.65. The Morgan fingerprint density at radius 1 is 1.20 bits per heavy atom. The molecular formula is C12H13BrN2. The Balaban J connectivity index is 2.33. The summed E-state index contributed by atoms with van der Waals surface area (Å²) in [5.41, 5.74) is 2.17. The fourth-order valence-electron chi connectivity index (χ4n) is 1.39. The molecule has 0 radical (unpaired) electrons. The molecule has 0 unspecified atom stereocenters. The van der Waals surface area contributed by atoms with Crippen molar-refractivity contribution in [3.05, 3.63) is 41.3 Å². The Hall–Kier alpha value is -1.09. The predicted molar refractivity (Wildman–Crippen MR) is 65.7 cm³/mol. The summed E-state index contributed by atoms with van der Waals surface area (Å²) in [4.78, 5) is 4.39. The summed E-state index contributed by atoms with van der Waals surface area (Å²) in [6, 6.07) is 8.66. The van der Waals surface area contributed by atoms with Gasteiger partial charge in [-0.05, 0) is 26.0 Å². The summed E-state index contributed by atoms with van der Waals surface area (Å²) in [6.45, 7) is 4.29. The van der Waals surface area contributed by atoms with Gasteiger partial charge >= 0.3 is 0 Å². The topological polar surface area (TPSA) is 17.8 Å². The van der Waals surface area contributed by atoms with E-state index in [1.807, 2.05) is 18.5 Å². The van der Waals surface area contributed by atoms with Gasteiger partial charge in [0, 0.05) is 22.3 Å². The molecule has 0 spiro atoms. The van der Waals surface area contributed by atoms with Crippen molar-refractivity contribution in [3.63, 3.8) is 0 Å². The molecule has 3 heteroatoms. The molecule has 0 amide bonds. The largest absolute Gasteiger partial charge is 0.334 e. The van der Waals surface area contributed by atoms with E-state index < -0.39 is 0 Å². The molecule has 1 aromatic heterocycles. The third-order valence-electron chi connectivity index (χ3n) is 2.34. The maximum absolute atomic E-state index is 4.39. The third-order valence-corrected chi connectivity index (χ3v) is 2.87. The average Bonchev–Trinajstić information content (AvgIpc) is 2.68. The summed E-state index contributed by atoms with van der Waals surface area (Å²) in [7, 11) is 0. The lowest BCUT2D eigenvalue weighted by Gasteiger charge is -2.03. The number of hydrogen-bond acceptors (Lipinski definition) is 1. The minimum atomic E-state index is 0.460. The Morgan fingerprint density at radius 3 is 2.40 bits per heavy atom. The summed E-state index contributed by atoms with van der Waals surface area (Å²) in [5, 5.41) is 0. The lowest BCUT2D eigenvalue weighted by atomic mass is 10.2. The molecule has 0 aliphatic rings. The second kappa shape index (κ2) is 4.19. The molecule has 0 bridgehead atoms. The molecule has 0 atom stereocenters. The van der Waals surface area contributed by atoms with Crippen molar-refractivity contribution >= 4 is 15.9 Å². The van der Waals surface area contributed by atoms with Crippen LogP contribution >= 0.6 is 15.9 Å². The lowest BCUT2D eigenvalue weighted by Crippen LogP contribution is -1.95. The standard InChI is InChI=1S/C12H13BrN2/c1-9(2)15-7-12(14-8-15)10-3-5-11(13)6-4-10/h3-9H,1-2H3. The first kappa shape index (κ1) is 10.4. The number of imidazole rings is 1. The lowest BCUT2D eigenvalue weighted by molar-refractivity contribution is 0.600. The van der Waals surface area contributed by atoms with Gasteiger partial charge in [-0.1, -0.05) is 28.1 Å². The fraction of sp³-hybridized carbons (Fsp3) is 0.250. The van der Waals surface area contributed by atoms with Crippen LogP contribution in [0, 0.1) is 0 Å².